The number of aromatic nitrogens is 2. The maximum absolute atomic E-state index is 11.9. The maximum atomic E-state index is 11.9. The van der Waals surface area contributed by atoms with Crippen molar-refractivity contribution in [3.63, 3.8) is 0 Å². The van der Waals surface area contributed by atoms with Gasteiger partial charge in [-0.25, -0.2) is 0 Å². The summed E-state index contributed by atoms with van der Waals surface area (Å²) >= 11 is 0. The lowest BCUT2D eigenvalue weighted by Gasteiger charge is -2.04. The number of carbonyl (C=O) groups is 1. The molecule has 0 radical (unpaired) electrons. The van der Waals surface area contributed by atoms with E-state index in [0.717, 1.165) is 5.56 Å². The molecule has 5 heteroatoms. The van der Waals surface area contributed by atoms with Gasteiger partial charge in [-0.3, -0.25) is 4.79 Å². The minimum absolute atomic E-state index is 0.195. The van der Waals surface area contributed by atoms with E-state index in [9.17, 15) is 4.79 Å². The van der Waals surface area contributed by atoms with Crippen LogP contribution in [0.4, 0.5) is 5.69 Å². The zero-order valence-electron chi connectivity index (χ0n) is 10.00. The molecule has 19 heavy (non-hydrogen) atoms. The van der Waals surface area contributed by atoms with Crippen LogP contribution in [0, 0.1) is 11.8 Å². The molecular weight excluding hydrogens is 242 g/mol. The van der Waals surface area contributed by atoms with E-state index in [0.29, 0.717) is 11.3 Å². The normalized spacial score (nSPS) is 9.32. The number of nitrogens with one attached hydrogen (secondary N) is 1. The largest absolute Gasteiger partial charge is 0.384 e. The van der Waals surface area contributed by atoms with Gasteiger partial charge < -0.3 is 10.4 Å². The highest BCUT2D eigenvalue weighted by Gasteiger charge is 2.05. The summed E-state index contributed by atoms with van der Waals surface area (Å²) in [6.07, 6.45) is 2.85. The first-order valence-corrected chi connectivity index (χ1v) is 5.57. The summed E-state index contributed by atoms with van der Waals surface area (Å²) in [6, 6.07) is 8.65. The van der Waals surface area contributed by atoms with Crippen LogP contribution in [0.3, 0.4) is 0 Å². The van der Waals surface area contributed by atoms with E-state index in [4.69, 9.17) is 5.11 Å². The van der Waals surface area contributed by atoms with Crippen LogP contribution in [0.1, 0.15) is 15.9 Å². The molecule has 1 aromatic carbocycles. The number of benzene rings is 1. The predicted molar refractivity (Wildman–Crippen MR) is 70.4 cm³/mol. The second kappa shape index (κ2) is 6.28. The van der Waals surface area contributed by atoms with Crippen molar-refractivity contribution in [2.75, 3.05) is 11.9 Å². The average Bonchev–Trinajstić information content (AvgIpc) is 2.46. The minimum Gasteiger partial charge on any atom is -0.384 e. The number of hydrogen-bond acceptors (Lipinski definition) is 4. The molecule has 2 rings (SSSR count). The molecule has 1 aromatic heterocycles. The van der Waals surface area contributed by atoms with Crippen LogP contribution in [-0.2, 0) is 0 Å². The van der Waals surface area contributed by atoms with Gasteiger partial charge in [0.05, 0.1) is 18.0 Å². The van der Waals surface area contributed by atoms with Gasteiger partial charge >= 0.3 is 0 Å². The lowest BCUT2D eigenvalue weighted by molar-refractivity contribution is 0.102. The highest BCUT2D eigenvalue weighted by atomic mass is 16.2. The lowest BCUT2D eigenvalue weighted by atomic mass is 10.2. The van der Waals surface area contributed by atoms with Gasteiger partial charge in [0.15, 0.2) is 0 Å². The maximum Gasteiger partial charge on any atom is 0.257 e. The summed E-state index contributed by atoms with van der Waals surface area (Å²) in [5.41, 5.74) is 1.79. The third kappa shape index (κ3) is 3.63. The molecule has 2 N–H and O–H groups in total. The van der Waals surface area contributed by atoms with Crippen LogP contribution in [0.15, 0.2) is 42.7 Å². The third-order valence-electron chi connectivity index (χ3n) is 2.28. The lowest BCUT2D eigenvalue weighted by Crippen LogP contribution is -2.12. The number of aliphatic hydroxyl groups is 1. The first-order chi connectivity index (χ1) is 9.29. The Labute approximate surface area is 110 Å². The fourth-order valence-corrected chi connectivity index (χ4v) is 1.44. The van der Waals surface area contributed by atoms with E-state index < -0.39 is 0 Å². The Balaban J connectivity index is 2.13. The molecule has 0 atom stereocenters. The Morgan fingerprint density at radius 2 is 2.21 bits per heavy atom. The van der Waals surface area contributed by atoms with Gasteiger partial charge in [-0.1, -0.05) is 17.9 Å². The van der Waals surface area contributed by atoms with E-state index in [1.807, 2.05) is 0 Å². The van der Waals surface area contributed by atoms with E-state index >= 15 is 0 Å². The van der Waals surface area contributed by atoms with E-state index in [1.165, 1.54) is 12.4 Å². The van der Waals surface area contributed by atoms with Crippen LogP contribution >= 0.6 is 0 Å². The van der Waals surface area contributed by atoms with Crippen molar-refractivity contribution in [3.05, 3.63) is 53.9 Å². The van der Waals surface area contributed by atoms with E-state index in [-0.39, 0.29) is 12.5 Å². The fraction of sp³-hybridized carbons (Fsp3) is 0.0714. The SMILES string of the molecule is O=C(Nc1cccc(C#CCO)c1)c1ccnnc1. The van der Waals surface area contributed by atoms with E-state index in [2.05, 4.69) is 27.4 Å². The number of nitrogens with zero attached hydrogens (tertiary/aromatic N) is 2. The van der Waals surface area contributed by atoms with Gasteiger partial charge in [0.25, 0.3) is 5.91 Å². The number of aliphatic hydroxyl groups excluding tert-OH is 1. The van der Waals surface area contributed by atoms with Crippen LogP contribution in [0.2, 0.25) is 0 Å². The number of amides is 1. The molecule has 2 aromatic rings. The molecule has 0 unspecified atom stereocenters. The summed E-state index contributed by atoms with van der Waals surface area (Å²) in [5.74, 6) is 5.06. The van der Waals surface area contributed by atoms with Crippen molar-refractivity contribution in [1.82, 2.24) is 10.2 Å². The highest BCUT2D eigenvalue weighted by Crippen LogP contribution is 2.11. The van der Waals surface area contributed by atoms with Crippen LogP contribution in [0.25, 0.3) is 0 Å². The van der Waals surface area contributed by atoms with Crippen LogP contribution < -0.4 is 5.32 Å². The van der Waals surface area contributed by atoms with Crippen LogP contribution in [-0.4, -0.2) is 27.8 Å². The van der Waals surface area contributed by atoms with Crippen molar-refractivity contribution in [2.45, 2.75) is 0 Å². The van der Waals surface area contributed by atoms with Gasteiger partial charge in [0.2, 0.25) is 0 Å². The van der Waals surface area contributed by atoms with Crippen molar-refractivity contribution >= 4 is 11.6 Å². The Morgan fingerprint density at radius 3 is 2.95 bits per heavy atom. The Bertz CT molecular complexity index is 630. The van der Waals surface area contributed by atoms with Gasteiger partial charge in [0, 0.05) is 11.3 Å². The quantitative estimate of drug-likeness (QED) is 0.785. The third-order valence-corrected chi connectivity index (χ3v) is 2.28. The molecule has 1 amide bonds. The topological polar surface area (TPSA) is 75.1 Å². The first-order valence-electron chi connectivity index (χ1n) is 5.57. The minimum atomic E-state index is -0.262. The summed E-state index contributed by atoms with van der Waals surface area (Å²) in [6.45, 7) is -0.195. The molecule has 0 aliphatic rings. The molecule has 0 saturated carbocycles. The average molecular weight is 253 g/mol. The molecule has 5 nitrogen and oxygen atoms in total. The molecule has 1 heterocycles. The molecule has 0 aliphatic carbocycles. The molecule has 0 saturated heterocycles. The molecule has 0 bridgehead atoms. The Hall–Kier alpha value is -2.71. The number of anilines is 1. The predicted octanol–water partition coefficient (Wildman–Crippen LogP) is 1.07. The fourth-order valence-electron chi connectivity index (χ4n) is 1.44. The van der Waals surface area contributed by atoms with Crippen molar-refractivity contribution < 1.29 is 9.90 Å². The summed E-state index contributed by atoms with van der Waals surface area (Å²) < 4.78 is 0. The number of rotatable bonds is 2. The summed E-state index contributed by atoms with van der Waals surface area (Å²) in [4.78, 5) is 11.9. The summed E-state index contributed by atoms with van der Waals surface area (Å²) in [7, 11) is 0. The zero-order valence-corrected chi connectivity index (χ0v) is 10.00. The molecule has 94 valence electrons. The van der Waals surface area contributed by atoms with Gasteiger partial charge in [-0.15, -0.1) is 0 Å². The second-order valence-corrected chi connectivity index (χ2v) is 3.63. The number of carbonyl (C=O) groups excluding carboxylic acids is 1. The Morgan fingerprint density at radius 1 is 1.32 bits per heavy atom. The van der Waals surface area contributed by atoms with Crippen LogP contribution in [0.5, 0.6) is 0 Å². The summed E-state index contributed by atoms with van der Waals surface area (Å²) in [5, 5.41) is 18.6. The smallest absolute Gasteiger partial charge is 0.257 e. The zero-order chi connectivity index (χ0) is 13.5. The Kier molecular flexibility index (Phi) is 4.21. The standard InChI is InChI=1S/C14H11N3O2/c18-8-2-4-11-3-1-5-13(9-11)17-14(19)12-6-7-15-16-10-12/h1,3,5-7,9-10,18H,8H2,(H,17,19). The van der Waals surface area contributed by atoms with Crippen molar-refractivity contribution in [2.24, 2.45) is 0 Å². The first kappa shape index (κ1) is 12.7. The van der Waals surface area contributed by atoms with E-state index in [1.54, 1.807) is 30.3 Å². The second-order valence-electron chi connectivity index (χ2n) is 3.63. The molecule has 0 spiro atoms. The highest BCUT2D eigenvalue weighted by molar-refractivity contribution is 6.04. The van der Waals surface area contributed by atoms with Crippen molar-refractivity contribution in [3.8, 4) is 11.8 Å². The molecular formula is C14H11N3O2. The monoisotopic (exact) mass is 253 g/mol. The molecule has 0 fully saturated rings. The number of hydrogen-bond donors (Lipinski definition) is 2. The van der Waals surface area contributed by atoms with Gasteiger partial charge in [-0.2, -0.15) is 10.2 Å². The molecule has 0 aliphatic heterocycles. The van der Waals surface area contributed by atoms with Gasteiger partial charge in [-0.05, 0) is 24.3 Å². The van der Waals surface area contributed by atoms with Crippen molar-refractivity contribution in [1.29, 1.82) is 0 Å². The van der Waals surface area contributed by atoms with Gasteiger partial charge in [0.1, 0.15) is 6.61 Å².